The van der Waals surface area contributed by atoms with Crippen LogP contribution in [0.1, 0.15) is 25.7 Å². The molecule has 11 heavy (non-hydrogen) atoms. The van der Waals surface area contributed by atoms with E-state index in [2.05, 4.69) is 19.0 Å². The van der Waals surface area contributed by atoms with Crippen LogP contribution < -0.4 is 0 Å². The molecule has 2 atom stereocenters. The van der Waals surface area contributed by atoms with Crippen LogP contribution in [0.25, 0.3) is 0 Å². The highest BCUT2D eigenvalue weighted by Crippen LogP contribution is 2.22. The number of methoxy groups -OCH3 is 1. The summed E-state index contributed by atoms with van der Waals surface area (Å²) in [7, 11) is 6.13. The molecule has 0 aromatic carbocycles. The van der Waals surface area contributed by atoms with E-state index in [1.54, 1.807) is 0 Å². The molecule has 0 aliphatic heterocycles. The summed E-state index contributed by atoms with van der Waals surface area (Å²) >= 11 is 0. The fourth-order valence-electron chi connectivity index (χ4n) is 1.80. The van der Waals surface area contributed by atoms with Crippen molar-refractivity contribution in [1.82, 2.24) is 4.90 Å². The van der Waals surface area contributed by atoms with Crippen LogP contribution in [-0.2, 0) is 4.74 Å². The Hall–Kier alpha value is -0.0800. The maximum atomic E-state index is 5.34. The first-order valence-electron chi connectivity index (χ1n) is 4.43. The summed E-state index contributed by atoms with van der Waals surface area (Å²) in [6, 6.07) is 0.744. The largest absolute Gasteiger partial charge is 0.381 e. The molecule has 2 nitrogen and oxygen atoms in total. The molecule has 1 fully saturated rings. The topological polar surface area (TPSA) is 12.5 Å². The van der Waals surface area contributed by atoms with Crippen molar-refractivity contribution < 1.29 is 4.74 Å². The van der Waals surface area contributed by atoms with Gasteiger partial charge in [0.1, 0.15) is 0 Å². The highest BCUT2D eigenvalue weighted by atomic mass is 16.5. The van der Waals surface area contributed by atoms with Gasteiger partial charge in [0, 0.05) is 13.2 Å². The van der Waals surface area contributed by atoms with Gasteiger partial charge in [0.05, 0.1) is 6.10 Å². The first kappa shape index (κ1) is 9.01. The summed E-state index contributed by atoms with van der Waals surface area (Å²) in [5.74, 6) is 0. The Morgan fingerprint density at radius 1 is 1.27 bits per heavy atom. The number of hydrogen-bond donors (Lipinski definition) is 0. The summed E-state index contributed by atoms with van der Waals surface area (Å²) in [6.45, 7) is 0. The molecular formula is C9H19NO. The van der Waals surface area contributed by atoms with Gasteiger partial charge in [-0.25, -0.2) is 0 Å². The fraction of sp³-hybridized carbons (Fsp3) is 1.00. The minimum Gasteiger partial charge on any atom is -0.381 e. The van der Waals surface area contributed by atoms with Gasteiger partial charge < -0.3 is 9.64 Å². The van der Waals surface area contributed by atoms with Gasteiger partial charge in [-0.15, -0.1) is 0 Å². The lowest BCUT2D eigenvalue weighted by Crippen LogP contribution is -2.35. The molecule has 1 aliphatic carbocycles. The van der Waals surface area contributed by atoms with Crippen molar-refractivity contribution in [2.45, 2.75) is 37.8 Å². The van der Waals surface area contributed by atoms with Crippen molar-refractivity contribution in [3.63, 3.8) is 0 Å². The zero-order valence-corrected chi connectivity index (χ0v) is 7.84. The Labute approximate surface area is 69.5 Å². The van der Waals surface area contributed by atoms with Gasteiger partial charge in [-0.05, 0) is 39.8 Å². The molecule has 66 valence electrons. The van der Waals surface area contributed by atoms with E-state index >= 15 is 0 Å². The second kappa shape index (κ2) is 4.07. The van der Waals surface area contributed by atoms with Crippen LogP contribution in [0.4, 0.5) is 0 Å². The molecule has 1 rings (SSSR count). The number of ether oxygens (including phenoxy) is 1. The average molecular weight is 157 g/mol. The van der Waals surface area contributed by atoms with Crippen molar-refractivity contribution in [3.8, 4) is 0 Å². The minimum atomic E-state index is 0.510. The molecule has 0 radical (unpaired) electrons. The molecule has 0 aromatic heterocycles. The maximum Gasteiger partial charge on any atom is 0.0586 e. The summed E-state index contributed by atoms with van der Waals surface area (Å²) in [5.41, 5.74) is 0. The first-order chi connectivity index (χ1) is 5.24. The van der Waals surface area contributed by atoms with E-state index < -0.39 is 0 Å². The van der Waals surface area contributed by atoms with Crippen LogP contribution in [0.5, 0.6) is 0 Å². The molecule has 2 heteroatoms. The minimum absolute atomic E-state index is 0.510. The third kappa shape index (κ3) is 2.46. The second-order valence-electron chi connectivity index (χ2n) is 3.64. The molecule has 0 saturated heterocycles. The lowest BCUT2D eigenvalue weighted by molar-refractivity contribution is 0.0401. The lowest BCUT2D eigenvalue weighted by Gasteiger charge is -2.32. The summed E-state index contributed by atoms with van der Waals surface area (Å²) in [6.07, 6.45) is 5.63. The number of hydrogen-bond acceptors (Lipinski definition) is 2. The van der Waals surface area contributed by atoms with Crippen LogP contribution in [-0.4, -0.2) is 38.3 Å². The van der Waals surface area contributed by atoms with Crippen LogP contribution in [0.15, 0.2) is 0 Å². The molecular weight excluding hydrogens is 138 g/mol. The Morgan fingerprint density at radius 2 is 2.00 bits per heavy atom. The third-order valence-corrected chi connectivity index (χ3v) is 2.66. The van der Waals surface area contributed by atoms with Crippen molar-refractivity contribution in [3.05, 3.63) is 0 Å². The van der Waals surface area contributed by atoms with Crippen LogP contribution in [0.2, 0.25) is 0 Å². The normalized spacial score (nSPS) is 32.7. The Morgan fingerprint density at radius 3 is 2.55 bits per heavy atom. The van der Waals surface area contributed by atoms with Crippen molar-refractivity contribution >= 4 is 0 Å². The van der Waals surface area contributed by atoms with Gasteiger partial charge in [-0.3, -0.25) is 0 Å². The van der Waals surface area contributed by atoms with E-state index in [0.29, 0.717) is 6.10 Å². The van der Waals surface area contributed by atoms with Gasteiger partial charge in [0.25, 0.3) is 0 Å². The van der Waals surface area contributed by atoms with E-state index in [-0.39, 0.29) is 0 Å². The molecule has 0 bridgehead atoms. The van der Waals surface area contributed by atoms with Crippen LogP contribution in [0.3, 0.4) is 0 Å². The van der Waals surface area contributed by atoms with E-state index in [1.807, 2.05) is 7.11 Å². The van der Waals surface area contributed by atoms with Crippen molar-refractivity contribution in [1.29, 1.82) is 0 Å². The molecule has 0 amide bonds. The summed E-state index contributed by atoms with van der Waals surface area (Å²) in [5, 5.41) is 0. The fourth-order valence-corrected chi connectivity index (χ4v) is 1.80. The molecule has 0 N–H and O–H groups in total. The van der Waals surface area contributed by atoms with Crippen LogP contribution >= 0.6 is 0 Å². The van der Waals surface area contributed by atoms with E-state index in [4.69, 9.17) is 4.74 Å². The Kier molecular flexibility index (Phi) is 3.34. The van der Waals surface area contributed by atoms with E-state index in [9.17, 15) is 0 Å². The highest BCUT2D eigenvalue weighted by Gasteiger charge is 2.22. The number of rotatable bonds is 2. The molecule has 0 unspecified atom stereocenters. The molecule has 0 spiro atoms. The van der Waals surface area contributed by atoms with Gasteiger partial charge in [-0.1, -0.05) is 0 Å². The zero-order chi connectivity index (χ0) is 8.27. The standard InChI is InChI=1S/C9H19NO/c1-10(2)8-5-4-6-9(7-8)11-3/h8-9H,4-7H2,1-3H3/t8-,9-/m0/s1. The van der Waals surface area contributed by atoms with Crippen molar-refractivity contribution in [2.24, 2.45) is 0 Å². The average Bonchev–Trinajstić information content (AvgIpc) is 2.05. The van der Waals surface area contributed by atoms with Crippen LogP contribution in [0, 0.1) is 0 Å². The molecule has 1 saturated carbocycles. The Bertz CT molecular complexity index is 114. The Balaban J connectivity index is 2.33. The van der Waals surface area contributed by atoms with Crippen molar-refractivity contribution in [2.75, 3.05) is 21.2 Å². The van der Waals surface area contributed by atoms with Gasteiger partial charge >= 0.3 is 0 Å². The molecule has 0 heterocycles. The highest BCUT2D eigenvalue weighted by molar-refractivity contribution is 4.77. The zero-order valence-electron chi connectivity index (χ0n) is 7.84. The van der Waals surface area contributed by atoms with Gasteiger partial charge in [-0.2, -0.15) is 0 Å². The predicted molar refractivity (Wildman–Crippen MR) is 46.7 cm³/mol. The quantitative estimate of drug-likeness (QED) is 0.602. The monoisotopic (exact) mass is 157 g/mol. The van der Waals surface area contributed by atoms with E-state index in [0.717, 1.165) is 6.04 Å². The SMILES string of the molecule is CO[C@H]1CCC[C@H](N(C)C)C1. The predicted octanol–water partition coefficient (Wildman–Crippen LogP) is 1.51. The van der Waals surface area contributed by atoms with Gasteiger partial charge in [0.15, 0.2) is 0 Å². The third-order valence-electron chi connectivity index (χ3n) is 2.66. The first-order valence-corrected chi connectivity index (χ1v) is 4.43. The van der Waals surface area contributed by atoms with E-state index in [1.165, 1.54) is 25.7 Å². The smallest absolute Gasteiger partial charge is 0.0586 e. The summed E-state index contributed by atoms with van der Waals surface area (Å²) < 4.78 is 5.34. The number of nitrogens with zero attached hydrogens (tertiary/aromatic N) is 1. The van der Waals surface area contributed by atoms with Gasteiger partial charge in [0.2, 0.25) is 0 Å². The second-order valence-corrected chi connectivity index (χ2v) is 3.64. The lowest BCUT2D eigenvalue weighted by atomic mass is 9.92. The molecule has 1 aliphatic rings. The molecule has 0 aromatic rings. The maximum absolute atomic E-state index is 5.34. The summed E-state index contributed by atoms with van der Waals surface area (Å²) in [4.78, 5) is 2.31.